The van der Waals surface area contributed by atoms with Gasteiger partial charge in [0.05, 0.1) is 17.6 Å². The molecule has 1 rings (SSSR count). The second-order valence-corrected chi connectivity index (χ2v) is 6.56. The van der Waals surface area contributed by atoms with E-state index in [1.54, 1.807) is 13.0 Å². The van der Waals surface area contributed by atoms with Crippen molar-refractivity contribution in [1.82, 2.24) is 4.72 Å². The van der Waals surface area contributed by atoms with Crippen molar-refractivity contribution in [1.29, 1.82) is 0 Å². The predicted molar refractivity (Wildman–Crippen MR) is 78.1 cm³/mol. The van der Waals surface area contributed by atoms with E-state index < -0.39 is 10.0 Å². The van der Waals surface area contributed by atoms with Crippen molar-refractivity contribution in [3.8, 4) is 0 Å². The molecule has 1 aromatic rings. The van der Waals surface area contributed by atoms with E-state index in [9.17, 15) is 13.5 Å². The maximum Gasteiger partial charge on any atom is 0.240 e. The van der Waals surface area contributed by atoms with Crippen molar-refractivity contribution in [3.05, 3.63) is 28.8 Å². The lowest BCUT2D eigenvalue weighted by Crippen LogP contribution is -2.32. The molecule has 0 aromatic heterocycles. The lowest BCUT2D eigenvalue weighted by molar-refractivity contribution is 0.0799. The van der Waals surface area contributed by atoms with Gasteiger partial charge < -0.3 is 9.84 Å². The fourth-order valence-electron chi connectivity index (χ4n) is 1.98. The number of hydrogen-bond donors (Lipinski definition) is 2. The highest BCUT2D eigenvalue weighted by atomic mass is 32.2. The molecule has 0 bridgehead atoms. The van der Waals surface area contributed by atoms with E-state index in [1.807, 2.05) is 20.8 Å². The topological polar surface area (TPSA) is 75.6 Å². The van der Waals surface area contributed by atoms with Crippen LogP contribution in [-0.4, -0.2) is 32.8 Å². The maximum absolute atomic E-state index is 12.3. The summed E-state index contributed by atoms with van der Waals surface area (Å²) in [6.07, 6.45) is -0.183. The molecular formula is C14H23NO4S. The second-order valence-electron chi connectivity index (χ2n) is 4.82. The molecule has 0 saturated heterocycles. The Morgan fingerprint density at radius 3 is 2.50 bits per heavy atom. The van der Waals surface area contributed by atoms with E-state index in [-0.39, 0.29) is 24.2 Å². The first-order valence-electron chi connectivity index (χ1n) is 6.64. The number of ether oxygens (including phenoxy) is 1. The number of rotatable bonds is 7. The minimum atomic E-state index is -3.59. The summed E-state index contributed by atoms with van der Waals surface area (Å²) in [5.41, 5.74) is 2.16. The van der Waals surface area contributed by atoms with E-state index in [4.69, 9.17) is 4.74 Å². The molecule has 0 fully saturated rings. The van der Waals surface area contributed by atoms with E-state index in [0.29, 0.717) is 17.7 Å². The zero-order chi connectivity index (χ0) is 15.3. The minimum absolute atomic E-state index is 0.177. The molecule has 2 N–H and O–H groups in total. The number of sulfonamides is 1. The van der Waals surface area contributed by atoms with Gasteiger partial charge in [-0.1, -0.05) is 6.07 Å². The van der Waals surface area contributed by atoms with Crippen molar-refractivity contribution < 1.29 is 18.3 Å². The lowest BCUT2D eigenvalue weighted by Gasteiger charge is -2.15. The largest absolute Gasteiger partial charge is 0.392 e. The van der Waals surface area contributed by atoms with Crippen molar-refractivity contribution in [2.45, 2.75) is 45.3 Å². The van der Waals surface area contributed by atoms with Crippen LogP contribution in [0.3, 0.4) is 0 Å². The quantitative estimate of drug-likeness (QED) is 0.800. The first-order valence-corrected chi connectivity index (χ1v) is 8.12. The van der Waals surface area contributed by atoms with Crippen molar-refractivity contribution in [3.63, 3.8) is 0 Å². The van der Waals surface area contributed by atoms with Gasteiger partial charge in [-0.3, -0.25) is 0 Å². The molecule has 1 aromatic carbocycles. The zero-order valence-corrected chi connectivity index (χ0v) is 13.3. The summed E-state index contributed by atoms with van der Waals surface area (Å²) >= 11 is 0. The fraction of sp³-hybridized carbons (Fsp3) is 0.571. The summed E-state index contributed by atoms with van der Waals surface area (Å²) < 4.78 is 32.4. The average molecular weight is 301 g/mol. The Labute approximate surface area is 121 Å². The molecule has 0 amide bonds. The van der Waals surface area contributed by atoms with Crippen LogP contribution >= 0.6 is 0 Å². The molecular weight excluding hydrogens is 278 g/mol. The summed E-state index contributed by atoms with van der Waals surface area (Å²) in [5.74, 6) is 0. The van der Waals surface area contributed by atoms with Crippen LogP contribution in [0.5, 0.6) is 0 Å². The van der Waals surface area contributed by atoms with Crippen LogP contribution in [-0.2, 0) is 21.4 Å². The average Bonchev–Trinajstić information content (AvgIpc) is 2.37. The molecule has 0 aliphatic heterocycles. The van der Waals surface area contributed by atoms with Crippen LogP contribution in [0.25, 0.3) is 0 Å². The molecule has 1 atom stereocenters. The molecule has 0 aliphatic rings. The molecule has 5 nitrogen and oxygen atoms in total. The molecule has 20 heavy (non-hydrogen) atoms. The monoisotopic (exact) mass is 301 g/mol. The Hall–Kier alpha value is -0.950. The van der Waals surface area contributed by atoms with Crippen LogP contribution < -0.4 is 4.72 Å². The highest BCUT2D eigenvalue weighted by Crippen LogP contribution is 2.20. The highest BCUT2D eigenvalue weighted by Gasteiger charge is 2.19. The third-order valence-corrected chi connectivity index (χ3v) is 4.67. The Morgan fingerprint density at radius 2 is 1.95 bits per heavy atom. The summed E-state index contributed by atoms with van der Waals surface area (Å²) in [5, 5.41) is 9.25. The van der Waals surface area contributed by atoms with E-state index in [0.717, 1.165) is 5.56 Å². The zero-order valence-electron chi connectivity index (χ0n) is 12.4. The van der Waals surface area contributed by atoms with Crippen molar-refractivity contribution in [2.24, 2.45) is 0 Å². The summed E-state index contributed by atoms with van der Waals surface area (Å²) in [6, 6.07) is 3.30. The van der Waals surface area contributed by atoms with Gasteiger partial charge in [0.15, 0.2) is 0 Å². The van der Waals surface area contributed by atoms with Crippen LogP contribution in [0.4, 0.5) is 0 Å². The maximum atomic E-state index is 12.3. The first-order chi connectivity index (χ1) is 9.31. The van der Waals surface area contributed by atoms with Gasteiger partial charge in [0.25, 0.3) is 0 Å². The molecule has 6 heteroatoms. The van der Waals surface area contributed by atoms with Gasteiger partial charge in [0, 0.05) is 13.2 Å². The lowest BCUT2D eigenvalue weighted by atomic mass is 10.1. The van der Waals surface area contributed by atoms with Crippen molar-refractivity contribution >= 4 is 10.0 Å². The molecule has 0 heterocycles. The molecule has 0 radical (unpaired) electrons. The predicted octanol–water partition coefficient (Wildman–Crippen LogP) is 1.50. The van der Waals surface area contributed by atoms with E-state index in [1.165, 1.54) is 6.07 Å². The van der Waals surface area contributed by atoms with Gasteiger partial charge in [-0.2, -0.15) is 0 Å². The number of nitrogens with one attached hydrogen (secondary N) is 1. The van der Waals surface area contributed by atoms with Gasteiger partial charge in [0.1, 0.15) is 0 Å². The normalized spacial score (nSPS) is 13.4. The molecule has 114 valence electrons. The van der Waals surface area contributed by atoms with E-state index >= 15 is 0 Å². The standard InChI is InChI=1S/C14H23NO4S/c1-5-19-12(4)8-15-20(17,18)14-7-13(9-16)10(2)6-11(14)3/h6-7,12,15-16H,5,8-9H2,1-4H3. The van der Waals surface area contributed by atoms with Gasteiger partial charge in [-0.05, 0) is 50.5 Å². The first kappa shape index (κ1) is 17.1. The summed E-state index contributed by atoms with van der Waals surface area (Å²) in [7, 11) is -3.59. The Balaban J connectivity index is 2.98. The van der Waals surface area contributed by atoms with Crippen LogP contribution in [0, 0.1) is 13.8 Å². The summed E-state index contributed by atoms with van der Waals surface area (Å²) in [6.45, 7) is 7.85. The fourth-order valence-corrected chi connectivity index (χ4v) is 3.37. The summed E-state index contributed by atoms with van der Waals surface area (Å²) in [4.78, 5) is 0.204. The SMILES string of the molecule is CCOC(C)CNS(=O)(=O)c1cc(CO)c(C)cc1C. The molecule has 0 saturated carbocycles. The van der Waals surface area contributed by atoms with Crippen molar-refractivity contribution in [2.75, 3.05) is 13.2 Å². The van der Waals surface area contributed by atoms with E-state index in [2.05, 4.69) is 4.72 Å². The molecule has 1 unspecified atom stereocenters. The molecule has 0 aliphatic carbocycles. The highest BCUT2D eigenvalue weighted by molar-refractivity contribution is 7.89. The smallest absolute Gasteiger partial charge is 0.240 e. The Kier molecular flexibility index (Phi) is 6.13. The van der Waals surface area contributed by atoms with Crippen LogP contribution in [0.1, 0.15) is 30.5 Å². The second kappa shape index (κ2) is 7.17. The number of aryl methyl sites for hydroxylation is 2. The van der Waals surface area contributed by atoms with Crippen LogP contribution in [0.15, 0.2) is 17.0 Å². The number of benzene rings is 1. The number of hydrogen-bond acceptors (Lipinski definition) is 4. The van der Waals surface area contributed by atoms with Crippen LogP contribution in [0.2, 0.25) is 0 Å². The third kappa shape index (κ3) is 4.28. The third-order valence-electron chi connectivity index (χ3n) is 3.11. The number of aliphatic hydroxyl groups excluding tert-OH is 1. The number of aliphatic hydroxyl groups is 1. The van der Waals surface area contributed by atoms with Gasteiger partial charge >= 0.3 is 0 Å². The minimum Gasteiger partial charge on any atom is -0.392 e. The van der Waals surface area contributed by atoms with Gasteiger partial charge in [-0.15, -0.1) is 0 Å². The molecule has 0 spiro atoms. The van der Waals surface area contributed by atoms with Gasteiger partial charge in [-0.25, -0.2) is 13.1 Å². The Bertz CT molecular complexity index is 555. The van der Waals surface area contributed by atoms with Gasteiger partial charge in [0.2, 0.25) is 10.0 Å². The Morgan fingerprint density at radius 1 is 1.30 bits per heavy atom.